The van der Waals surface area contributed by atoms with Crippen molar-refractivity contribution in [3.05, 3.63) is 76.9 Å². The molecule has 4 heteroatoms. The summed E-state index contributed by atoms with van der Waals surface area (Å²) >= 11 is 0. The van der Waals surface area contributed by atoms with Crippen molar-refractivity contribution in [3.8, 4) is 11.1 Å². The van der Waals surface area contributed by atoms with Crippen LogP contribution in [0.2, 0.25) is 0 Å². The first-order chi connectivity index (χ1) is 13.2. The van der Waals surface area contributed by atoms with Crippen LogP contribution in [0.1, 0.15) is 53.9 Å². The van der Waals surface area contributed by atoms with E-state index in [1.807, 2.05) is 24.3 Å². The summed E-state index contributed by atoms with van der Waals surface area (Å²) in [6.07, 6.45) is 2.71. The predicted molar refractivity (Wildman–Crippen MR) is 113 cm³/mol. The predicted octanol–water partition coefficient (Wildman–Crippen LogP) is 5.46. The van der Waals surface area contributed by atoms with E-state index in [0.717, 1.165) is 47.6 Å². The van der Waals surface area contributed by atoms with Crippen LogP contribution in [-0.2, 0) is 19.3 Å². The van der Waals surface area contributed by atoms with E-state index in [1.54, 1.807) is 12.1 Å². The maximum absolute atomic E-state index is 11.4. The summed E-state index contributed by atoms with van der Waals surface area (Å²) in [5.41, 5.74) is 5.74. The Bertz CT molecular complexity index is 963. The Morgan fingerprint density at radius 3 is 2.36 bits per heavy atom. The van der Waals surface area contributed by atoms with Crippen LogP contribution in [0.15, 0.2) is 48.5 Å². The monoisotopic (exact) mass is 376 g/mol. The fraction of sp³-hybridized carbons (Fsp3) is 0.333. The van der Waals surface area contributed by atoms with Crippen molar-refractivity contribution in [1.29, 1.82) is 0 Å². The zero-order valence-electron chi connectivity index (χ0n) is 17.0. The molecule has 0 aliphatic rings. The Morgan fingerprint density at radius 2 is 1.71 bits per heavy atom. The van der Waals surface area contributed by atoms with Crippen LogP contribution in [0.3, 0.4) is 0 Å². The highest BCUT2D eigenvalue weighted by Crippen LogP contribution is 2.25. The van der Waals surface area contributed by atoms with Crippen molar-refractivity contribution in [2.45, 2.75) is 47.0 Å². The lowest BCUT2D eigenvalue weighted by Gasteiger charge is -2.16. The van der Waals surface area contributed by atoms with Crippen molar-refractivity contribution < 1.29 is 9.90 Å². The average Bonchev–Trinajstić information content (AvgIpc) is 2.98. The number of nitrogens with one attached hydrogen (secondary N) is 1. The number of carboxylic acid groups (broad SMARTS) is 1. The number of aromatic amines is 1. The SMILES string of the molecule is Cc1[nH]c(CCc2ccc(-c3ccccc3C(=O)O)cc2)nc1CC(C)(C)C. The van der Waals surface area contributed by atoms with Gasteiger partial charge in [-0.2, -0.15) is 0 Å². The van der Waals surface area contributed by atoms with Crippen molar-refractivity contribution in [1.82, 2.24) is 9.97 Å². The minimum absolute atomic E-state index is 0.222. The number of aryl methyl sites for hydroxylation is 3. The van der Waals surface area contributed by atoms with Crippen LogP contribution in [0, 0.1) is 12.3 Å². The minimum atomic E-state index is -0.904. The summed E-state index contributed by atoms with van der Waals surface area (Å²) in [5, 5.41) is 9.38. The van der Waals surface area contributed by atoms with E-state index in [2.05, 4.69) is 44.8 Å². The van der Waals surface area contributed by atoms with Crippen LogP contribution in [0.25, 0.3) is 11.1 Å². The number of carboxylic acids is 1. The smallest absolute Gasteiger partial charge is 0.336 e. The largest absolute Gasteiger partial charge is 0.478 e. The quantitative estimate of drug-likeness (QED) is 0.600. The van der Waals surface area contributed by atoms with Crippen molar-refractivity contribution in [3.63, 3.8) is 0 Å². The lowest BCUT2D eigenvalue weighted by Crippen LogP contribution is -2.10. The molecule has 0 aliphatic heterocycles. The second-order valence-corrected chi connectivity index (χ2v) is 8.54. The molecule has 0 fully saturated rings. The number of aromatic nitrogens is 2. The van der Waals surface area contributed by atoms with Gasteiger partial charge in [0, 0.05) is 12.1 Å². The molecule has 4 nitrogen and oxygen atoms in total. The lowest BCUT2D eigenvalue weighted by molar-refractivity contribution is 0.0697. The molecule has 2 aromatic carbocycles. The number of benzene rings is 2. The number of aromatic carboxylic acids is 1. The van der Waals surface area contributed by atoms with Crippen LogP contribution in [-0.4, -0.2) is 21.0 Å². The summed E-state index contributed by atoms with van der Waals surface area (Å²) in [7, 11) is 0. The van der Waals surface area contributed by atoms with Gasteiger partial charge in [-0.05, 0) is 47.9 Å². The molecule has 2 N–H and O–H groups in total. The Hall–Kier alpha value is -2.88. The number of rotatable bonds is 6. The number of imidazole rings is 1. The third kappa shape index (κ3) is 4.89. The maximum atomic E-state index is 11.4. The Labute approximate surface area is 166 Å². The summed E-state index contributed by atoms with van der Waals surface area (Å²) < 4.78 is 0. The van der Waals surface area contributed by atoms with Crippen molar-refractivity contribution in [2.75, 3.05) is 0 Å². The third-order valence-electron chi connectivity index (χ3n) is 4.81. The number of nitrogens with zero attached hydrogens (tertiary/aromatic N) is 1. The van der Waals surface area contributed by atoms with Gasteiger partial charge >= 0.3 is 5.97 Å². The van der Waals surface area contributed by atoms with Crippen molar-refractivity contribution in [2.24, 2.45) is 5.41 Å². The molecule has 28 heavy (non-hydrogen) atoms. The number of hydrogen-bond acceptors (Lipinski definition) is 2. The molecule has 3 aromatic rings. The molecule has 0 amide bonds. The zero-order valence-corrected chi connectivity index (χ0v) is 17.0. The zero-order chi connectivity index (χ0) is 20.3. The van der Waals surface area contributed by atoms with Gasteiger partial charge < -0.3 is 10.1 Å². The standard InChI is InChI=1S/C24H28N2O2/c1-16-21(15-24(2,3)4)26-22(25-16)14-11-17-9-12-18(13-10-17)19-7-5-6-8-20(19)23(27)28/h5-10,12-13H,11,14-15H2,1-4H3,(H,25,26)(H,27,28). The first-order valence-electron chi connectivity index (χ1n) is 9.69. The first kappa shape index (κ1) is 19.9. The van der Waals surface area contributed by atoms with Gasteiger partial charge in [0.15, 0.2) is 0 Å². The van der Waals surface area contributed by atoms with Crippen LogP contribution in [0.4, 0.5) is 0 Å². The maximum Gasteiger partial charge on any atom is 0.336 e. The highest BCUT2D eigenvalue weighted by molar-refractivity contribution is 5.95. The topological polar surface area (TPSA) is 66.0 Å². The second-order valence-electron chi connectivity index (χ2n) is 8.54. The van der Waals surface area contributed by atoms with Gasteiger partial charge in [-0.25, -0.2) is 9.78 Å². The Balaban J connectivity index is 1.69. The average molecular weight is 377 g/mol. The minimum Gasteiger partial charge on any atom is -0.478 e. The molecule has 0 saturated heterocycles. The molecule has 0 unspecified atom stereocenters. The van der Waals surface area contributed by atoms with Crippen molar-refractivity contribution >= 4 is 5.97 Å². The van der Waals surface area contributed by atoms with E-state index >= 15 is 0 Å². The Kier molecular flexibility index (Phi) is 5.68. The van der Waals surface area contributed by atoms with Crippen LogP contribution >= 0.6 is 0 Å². The molecule has 0 saturated carbocycles. The molecule has 0 bridgehead atoms. The molecule has 1 aromatic heterocycles. The molecule has 0 atom stereocenters. The number of carbonyl (C=O) groups is 1. The molecular weight excluding hydrogens is 348 g/mol. The van der Waals surface area contributed by atoms with Gasteiger partial charge in [0.1, 0.15) is 5.82 Å². The molecule has 0 aliphatic carbocycles. The summed E-state index contributed by atoms with van der Waals surface area (Å²) in [6.45, 7) is 8.77. The Morgan fingerprint density at radius 1 is 1.04 bits per heavy atom. The van der Waals surface area contributed by atoms with Gasteiger partial charge in [0.25, 0.3) is 0 Å². The highest BCUT2D eigenvalue weighted by atomic mass is 16.4. The summed E-state index contributed by atoms with van der Waals surface area (Å²) in [5.74, 6) is 0.121. The molecule has 0 spiro atoms. The van der Waals surface area contributed by atoms with E-state index in [0.29, 0.717) is 5.56 Å². The highest BCUT2D eigenvalue weighted by Gasteiger charge is 2.16. The molecular formula is C24H28N2O2. The van der Waals surface area contributed by atoms with E-state index in [-0.39, 0.29) is 5.41 Å². The first-order valence-corrected chi connectivity index (χ1v) is 9.69. The molecule has 146 valence electrons. The van der Waals surface area contributed by atoms with E-state index in [4.69, 9.17) is 4.98 Å². The van der Waals surface area contributed by atoms with E-state index in [9.17, 15) is 9.90 Å². The summed E-state index contributed by atoms with van der Waals surface area (Å²) in [4.78, 5) is 19.6. The van der Waals surface area contributed by atoms with Crippen LogP contribution < -0.4 is 0 Å². The molecule has 3 rings (SSSR count). The molecule has 0 radical (unpaired) electrons. The van der Waals surface area contributed by atoms with Gasteiger partial charge in [0.2, 0.25) is 0 Å². The van der Waals surface area contributed by atoms with E-state index in [1.165, 1.54) is 5.56 Å². The number of hydrogen-bond donors (Lipinski definition) is 2. The summed E-state index contributed by atoms with van der Waals surface area (Å²) in [6, 6.07) is 15.2. The normalized spacial score (nSPS) is 11.6. The van der Waals surface area contributed by atoms with E-state index < -0.39 is 5.97 Å². The van der Waals surface area contributed by atoms with Gasteiger partial charge in [-0.3, -0.25) is 0 Å². The van der Waals surface area contributed by atoms with Gasteiger partial charge in [0.05, 0.1) is 11.3 Å². The third-order valence-corrected chi connectivity index (χ3v) is 4.81. The van der Waals surface area contributed by atoms with Crippen LogP contribution in [0.5, 0.6) is 0 Å². The fourth-order valence-corrected chi connectivity index (χ4v) is 3.39. The number of H-pyrrole nitrogens is 1. The molecule has 1 heterocycles. The van der Waals surface area contributed by atoms with Gasteiger partial charge in [-0.15, -0.1) is 0 Å². The second kappa shape index (κ2) is 8.01. The lowest BCUT2D eigenvalue weighted by atomic mass is 9.90. The van der Waals surface area contributed by atoms with Gasteiger partial charge in [-0.1, -0.05) is 63.2 Å². The fourth-order valence-electron chi connectivity index (χ4n) is 3.39.